The lowest BCUT2D eigenvalue weighted by molar-refractivity contribution is 0.0892. The zero-order chi connectivity index (χ0) is 15.8. The second kappa shape index (κ2) is 9.41. The Morgan fingerprint density at radius 3 is 2.57 bits per heavy atom. The van der Waals surface area contributed by atoms with E-state index in [1.54, 1.807) is 14.2 Å². The molecular weight excluding hydrogens is 332 g/mol. The Balaban J connectivity index is 3.14. The maximum atomic E-state index is 6.09. The Kier molecular flexibility index (Phi) is 8.26. The van der Waals surface area contributed by atoms with Crippen molar-refractivity contribution in [3.05, 3.63) is 28.2 Å². The van der Waals surface area contributed by atoms with Gasteiger partial charge in [0, 0.05) is 36.3 Å². The predicted molar refractivity (Wildman–Crippen MR) is 90.8 cm³/mol. The number of nitrogens with zero attached hydrogens (tertiary/aromatic N) is 1. The number of ether oxygens (including phenoxy) is 2. The Labute approximate surface area is 136 Å². The molecule has 2 N–H and O–H groups in total. The van der Waals surface area contributed by atoms with Gasteiger partial charge in [0.25, 0.3) is 0 Å². The first-order valence-corrected chi connectivity index (χ1v) is 8.16. The fourth-order valence-corrected chi connectivity index (χ4v) is 2.90. The number of methoxy groups -OCH3 is 2. The normalized spacial score (nSPS) is 14.2. The van der Waals surface area contributed by atoms with Crippen LogP contribution in [-0.4, -0.2) is 44.9 Å². The number of benzene rings is 1. The summed E-state index contributed by atoms with van der Waals surface area (Å²) in [5, 5.41) is 0. The van der Waals surface area contributed by atoms with Gasteiger partial charge in [0.05, 0.1) is 19.8 Å². The highest BCUT2D eigenvalue weighted by molar-refractivity contribution is 9.10. The Bertz CT molecular complexity index is 429. The van der Waals surface area contributed by atoms with Gasteiger partial charge in [-0.3, -0.25) is 4.90 Å². The van der Waals surface area contributed by atoms with Crippen LogP contribution in [0.3, 0.4) is 0 Å². The number of rotatable bonds is 9. The molecule has 2 unspecified atom stereocenters. The highest BCUT2D eigenvalue weighted by Crippen LogP contribution is 2.32. The van der Waals surface area contributed by atoms with Crippen molar-refractivity contribution >= 4 is 15.9 Å². The minimum atomic E-state index is 0.113. The van der Waals surface area contributed by atoms with Crippen LogP contribution in [0.15, 0.2) is 22.7 Å². The summed E-state index contributed by atoms with van der Waals surface area (Å²) in [7, 11) is 3.43. The molecule has 0 aliphatic rings. The molecule has 1 aromatic carbocycles. The lowest BCUT2D eigenvalue weighted by Gasteiger charge is -2.36. The first-order valence-electron chi connectivity index (χ1n) is 7.37. The molecular formula is C16H27BrN2O2. The molecule has 0 aromatic heterocycles. The monoisotopic (exact) mass is 358 g/mol. The minimum absolute atomic E-state index is 0.113. The molecule has 0 bridgehead atoms. The molecule has 0 aliphatic carbocycles. The lowest BCUT2D eigenvalue weighted by atomic mass is 10.0. The summed E-state index contributed by atoms with van der Waals surface area (Å²) in [6.07, 6.45) is 1.07. The van der Waals surface area contributed by atoms with E-state index in [4.69, 9.17) is 15.2 Å². The quantitative estimate of drug-likeness (QED) is 0.736. The summed E-state index contributed by atoms with van der Waals surface area (Å²) in [6.45, 7) is 6.50. The highest BCUT2D eigenvalue weighted by atomic mass is 79.9. The third kappa shape index (κ3) is 4.95. The predicted octanol–water partition coefficient (Wildman–Crippen LogP) is 3.20. The summed E-state index contributed by atoms with van der Waals surface area (Å²) in [4.78, 5) is 2.40. The molecule has 0 amide bonds. The van der Waals surface area contributed by atoms with E-state index in [-0.39, 0.29) is 6.04 Å². The van der Waals surface area contributed by atoms with Crippen LogP contribution < -0.4 is 10.5 Å². The molecule has 0 aliphatic heterocycles. The summed E-state index contributed by atoms with van der Waals surface area (Å²) in [5.74, 6) is 0.874. The van der Waals surface area contributed by atoms with E-state index < -0.39 is 0 Å². The molecule has 0 radical (unpaired) electrons. The molecule has 1 rings (SSSR count). The molecule has 2 atom stereocenters. The molecule has 4 nitrogen and oxygen atoms in total. The number of hydrogen-bond donors (Lipinski definition) is 1. The van der Waals surface area contributed by atoms with E-state index in [0.29, 0.717) is 19.2 Å². The largest absolute Gasteiger partial charge is 0.496 e. The Hall–Kier alpha value is -0.620. The van der Waals surface area contributed by atoms with E-state index in [0.717, 1.165) is 28.8 Å². The third-order valence-electron chi connectivity index (χ3n) is 3.88. The van der Waals surface area contributed by atoms with Crippen LogP contribution in [0.5, 0.6) is 5.75 Å². The van der Waals surface area contributed by atoms with E-state index in [2.05, 4.69) is 40.7 Å². The van der Waals surface area contributed by atoms with Crippen LogP contribution in [0.25, 0.3) is 0 Å². The van der Waals surface area contributed by atoms with Gasteiger partial charge in [-0.2, -0.15) is 0 Å². The smallest absolute Gasteiger partial charge is 0.123 e. The van der Waals surface area contributed by atoms with Crippen LogP contribution in [0.1, 0.15) is 31.9 Å². The van der Waals surface area contributed by atoms with E-state index in [1.807, 2.05) is 12.1 Å². The Morgan fingerprint density at radius 1 is 1.33 bits per heavy atom. The van der Waals surface area contributed by atoms with Gasteiger partial charge in [-0.05, 0) is 31.5 Å². The zero-order valence-corrected chi connectivity index (χ0v) is 15.0. The molecule has 0 saturated carbocycles. The average molecular weight is 359 g/mol. The second-order valence-electron chi connectivity index (χ2n) is 5.13. The van der Waals surface area contributed by atoms with Crippen molar-refractivity contribution in [1.82, 2.24) is 4.90 Å². The van der Waals surface area contributed by atoms with Crippen LogP contribution in [-0.2, 0) is 4.74 Å². The highest BCUT2D eigenvalue weighted by Gasteiger charge is 2.25. The Morgan fingerprint density at radius 2 is 2.05 bits per heavy atom. The zero-order valence-electron chi connectivity index (χ0n) is 13.4. The fourth-order valence-electron chi connectivity index (χ4n) is 2.52. The van der Waals surface area contributed by atoms with Crippen LogP contribution in [0, 0.1) is 0 Å². The van der Waals surface area contributed by atoms with Crippen molar-refractivity contribution in [3.8, 4) is 5.75 Å². The first kappa shape index (κ1) is 18.4. The van der Waals surface area contributed by atoms with Gasteiger partial charge in [0.15, 0.2) is 0 Å². The molecule has 0 fully saturated rings. The van der Waals surface area contributed by atoms with E-state index in [1.165, 1.54) is 0 Å². The van der Waals surface area contributed by atoms with Crippen molar-refractivity contribution in [2.75, 3.05) is 33.9 Å². The molecule has 0 heterocycles. The van der Waals surface area contributed by atoms with Gasteiger partial charge in [0.2, 0.25) is 0 Å². The molecule has 5 heteroatoms. The van der Waals surface area contributed by atoms with Crippen LogP contribution in [0.2, 0.25) is 0 Å². The first-order chi connectivity index (χ1) is 10.1. The minimum Gasteiger partial charge on any atom is -0.496 e. The standard InChI is InChI=1S/C16H27BrN2O2/c1-5-12(2)19(8-9-20-3)15(11-18)14-10-13(17)6-7-16(14)21-4/h6-7,10,12,15H,5,8-9,11,18H2,1-4H3. The SMILES string of the molecule is CCC(C)N(CCOC)C(CN)c1cc(Br)ccc1OC. The average Bonchev–Trinajstić information content (AvgIpc) is 2.50. The molecule has 1 aromatic rings. The fraction of sp³-hybridized carbons (Fsp3) is 0.625. The van der Waals surface area contributed by atoms with Gasteiger partial charge >= 0.3 is 0 Å². The maximum Gasteiger partial charge on any atom is 0.123 e. The topological polar surface area (TPSA) is 47.7 Å². The molecule has 0 spiro atoms. The molecule has 21 heavy (non-hydrogen) atoms. The maximum absolute atomic E-state index is 6.09. The number of hydrogen-bond acceptors (Lipinski definition) is 4. The van der Waals surface area contributed by atoms with Crippen molar-refractivity contribution in [2.24, 2.45) is 5.73 Å². The number of halogens is 1. The van der Waals surface area contributed by atoms with Gasteiger partial charge in [0.1, 0.15) is 5.75 Å². The second-order valence-corrected chi connectivity index (χ2v) is 6.04. The summed E-state index contributed by atoms with van der Waals surface area (Å²) >= 11 is 3.54. The van der Waals surface area contributed by atoms with Crippen molar-refractivity contribution < 1.29 is 9.47 Å². The summed E-state index contributed by atoms with van der Waals surface area (Å²) < 4.78 is 11.8. The summed E-state index contributed by atoms with van der Waals surface area (Å²) in [5.41, 5.74) is 7.21. The van der Waals surface area contributed by atoms with Crippen molar-refractivity contribution in [1.29, 1.82) is 0 Å². The third-order valence-corrected chi connectivity index (χ3v) is 4.38. The lowest BCUT2D eigenvalue weighted by Crippen LogP contribution is -2.41. The molecule has 120 valence electrons. The number of nitrogens with two attached hydrogens (primary N) is 1. The van der Waals surface area contributed by atoms with Crippen LogP contribution in [0.4, 0.5) is 0 Å². The van der Waals surface area contributed by atoms with E-state index in [9.17, 15) is 0 Å². The molecule has 0 saturated heterocycles. The van der Waals surface area contributed by atoms with Gasteiger partial charge in [-0.1, -0.05) is 22.9 Å². The van der Waals surface area contributed by atoms with Gasteiger partial charge in [-0.15, -0.1) is 0 Å². The van der Waals surface area contributed by atoms with Crippen molar-refractivity contribution in [3.63, 3.8) is 0 Å². The summed E-state index contributed by atoms with van der Waals surface area (Å²) in [6, 6.07) is 6.60. The van der Waals surface area contributed by atoms with Crippen LogP contribution >= 0.6 is 15.9 Å². The van der Waals surface area contributed by atoms with Gasteiger partial charge in [-0.25, -0.2) is 0 Å². The van der Waals surface area contributed by atoms with E-state index >= 15 is 0 Å². The van der Waals surface area contributed by atoms with Crippen molar-refractivity contribution in [2.45, 2.75) is 32.4 Å². The van der Waals surface area contributed by atoms with Gasteiger partial charge < -0.3 is 15.2 Å².